The fourth-order valence-corrected chi connectivity index (χ4v) is 7.13. The molecule has 4 heteroatoms. The smallest absolute Gasteiger partial charge is 0.211 e. The maximum absolute atomic E-state index is 14.0. The van der Waals surface area contributed by atoms with Crippen molar-refractivity contribution in [2.45, 2.75) is 45.7 Å². The number of ketones is 2. The highest BCUT2D eigenvalue weighted by Gasteiger charge is 2.66. The van der Waals surface area contributed by atoms with E-state index in [1.165, 1.54) is 0 Å². The molecule has 6 rings (SSSR count). The molecule has 4 nitrogen and oxygen atoms in total. The van der Waals surface area contributed by atoms with Crippen LogP contribution in [0.4, 0.5) is 0 Å². The number of nitrogens with zero attached hydrogens (tertiary/aromatic N) is 2. The van der Waals surface area contributed by atoms with Crippen LogP contribution in [0.25, 0.3) is 0 Å². The zero-order valence-corrected chi connectivity index (χ0v) is 24.4. The van der Waals surface area contributed by atoms with Gasteiger partial charge in [-0.25, -0.2) is 0 Å². The van der Waals surface area contributed by atoms with Crippen molar-refractivity contribution in [3.8, 4) is 0 Å². The Hall–Kier alpha value is -4.44. The number of fused-ring (bicyclic) bond motifs is 2. The van der Waals surface area contributed by atoms with Crippen molar-refractivity contribution in [3.05, 3.63) is 144 Å². The second-order valence-electron chi connectivity index (χ2n) is 12.3. The third kappa shape index (κ3) is 4.75. The average molecular weight is 553 g/mol. The van der Waals surface area contributed by atoms with E-state index in [9.17, 15) is 9.59 Å². The summed E-state index contributed by atoms with van der Waals surface area (Å²) < 4.78 is 0. The van der Waals surface area contributed by atoms with Gasteiger partial charge in [-0.15, -0.1) is 0 Å². The van der Waals surface area contributed by atoms with Gasteiger partial charge in [-0.1, -0.05) is 142 Å². The van der Waals surface area contributed by atoms with Gasteiger partial charge >= 0.3 is 0 Å². The van der Waals surface area contributed by atoms with Crippen molar-refractivity contribution in [2.24, 2.45) is 26.7 Å². The molecule has 0 saturated heterocycles. The Bertz CT molecular complexity index is 1640. The van der Waals surface area contributed by atoms with Crippen LogP contribution >= 0.6 is 0 Å². The molecule has 0 N–H and O–H groups in total. The fourth-order valence-electron chi connectivity index (χ4n) is 7.13. The molecule has 2 aliphatic carbocycles. The molecule has 2 bridgehead atoms. The zero-order valence-electron chi connectivity index (χ0n) is 24.4. The monoisotopic (exact) mass is 552 g/mol. The minimum Gasteiger partial charge on any atom is -0.287 e. The molecule has 0 amide bonds. The highest BCUT2D eigenvalue weighted by Crippen LogP contribution is 2.67. The Balaban J connectivity index is 1.53. The Kier molecular flexibility index (Phi) is 7.32. The molecular formula is C38H36N2O2. The predicted molar refractivity (Wildman–Crippen MR) is 170 cm³/mol. The summed E-state index contributed by atoms with van der Waals surface area (Å²) in [7, 11) is 0. The minimum atomic E-state index is -0.267. The van der Waals surface area contributed by atoms with Crippen molar-refractivity contribution >= 4 is 23.0 Å². The molecule has 4 aromatic carbocycles. The van der Waals surface area contributed by atoms with E-state index in [1.54, 1.807) is 0 Å². The average Bonchev–Trinajstić information content (AvgIpc) is 3.36. The summed E-state index contributed by atoms with van der Waals surface area (Å²) in [4.78, 5) is 38.8. The number of benzene rings is 4. The molecule has 0 heterocycles. The van der Waals surface area contributed by atoms with E-state index in [0.717, 1.165) is 24.0 Å². The quantitative estimate of drug-likeness (QED) is 0.165. The van der Waals surface area contributed by atoms with Gasteiger partial charge in [0.1, 0.15) is 11.4 Å². The Labute approximate surface area is 248 Å². The summed E-state index contributed by atoms with van der Waals surface area (Å²) in [6.45, 7) is 6.92. The van der Waals surface area contributed by atoms with E-state index in [4.69, 9.17) is 9.98 Å². The van der Waals surface area contributed by atoms with E-state index in [-0.39, 0.29) is 40.4 Å². The Morgan fingerprint density at radius 1 is 0.571 bits per heavy atom. The van der Waals surface area contributed by atoms with Gasteiger partial charge in [0.25, 0.3) is 0 Å². The second kappa shape index (κ2) is 11.1. The molecule has 0 aromatic heterocycles. The van der Waals surface area contributed by atoms with Crippen molar-refractivity contribution in [1.29, 1.82) is 0 Å². The number of Topliss-reactive ketones (excluding diaryl/α,β-unsaturated/α-hetero) is 2. The van der Waals surface area contributed by atoms with Crippen molar-refractivity contribution < 1.29 is 9.59 Å². The van der Waals surface area contributed by atoms with E-state index in [1.807, 2.05) is 121 Å². The summed E-state index contributed by atoms with van der Waals surface area (Å²) in [6.07, 6.45) is 2.01. The van der Waals surface area contributed by atoms with E-state index < -0.39 is 0 Å². The third-order valence-electron chi connectivity index (χ3n) is 9.91. The van der Waals surface area contributed by atoms with Gasteiger partial charge < -0.3 is 0 Å². The first-order valence-electron chi connectivity index (χ1n) is 14.8. The van der Waals surface area contributed by atoms with Gasteiger partial charge in [0, 0.05) is 22.3 Å². The lowest BCUT2D eigenvalue weighted by Gasteiger charge is -2.38. The molecular weight excluding hydrogens is 516 g/mol. The number of aliphatic imine (C=N–C) groups is 2. The first kappa shape index (κ1) is 27.7. The van der Waals surface area contributed by atoms with E-state index in [2.05, 4.69) is 20.8 Å². The van der Waals surface area contributed by atoms with Crippen LogP contribution in [-0.2, 0) is 0 Å². The molecule has 4 aromatic rings. The molecule has 0 spiro atoms. The lowest BCUT2D eigenvalue weighted by Crippen LogP contribution is -2.40. The Morgan fingerprint density at radius 2 is 0.952 bits per heavy atom. The van der Waals surface area contributed by atoms with Gasteiger partial charge in [0.05, 0.1) is 12.1 Å². The number of hydrogen-bond donors (Lipinski definition) is 0. The van der Waals surface area contributed by atoms with Crippen LogP contribution in [0.3, 0.4) is 0 Å². The molecule has 0 aliphatic heterocycles. The first-order chi connectivity index (χ1) is 20.3. The first-order valence-corrected chi connectivity index (χ1v) is 14.8. The summed E-state index contributed by atoms with van der Waals surface area (Å²) >= 11 is 0. The molecule has 210 valence electrons. The van der Waals surface area contributed by atoms with Crippen LogP contribution in [0.5, 0.6) is 0 Å². The fraction of sp³-hybridized carbons (Fsp3) is 0.263. The number of rotatable bonds is 8. The number of carbonyl (C=O) groups excluding carboxylic acids is 2. The standard InChI is InChI=1S/C38H36N2O2/c1-37(2)30-24-25-38(37,3)36(40-32(27-18-10-5-11-19-27)35(42)29-22-14-7-15-23-29)33(30)39-31(26-16-8-4-9-17-26)34(41)28-20-12-6-13-21-28/h4-23,30,33,36H,24-25H2,1-3H3. The second-order valence-corrected chi connectivity index (χ2v) is 12.3. The normalized spacial score (nSPS) is 24.9. The van der Waals surface area contributed by atoms with Crippen LogP contribution in [0.2, 0.25) is 0 Å². The lowest BCUT2D eigenvalue weighted by molar-refractivity contribution is 0.105. The maximum Gasteiger partial charge on any atom is 0.211 e. The van der Waals surface area contributed by atoms with Crippen LogP contribution in [0.15, 0.2) is 131 Å². The summed E-state index contributed by atoms with van der Waals surface area (Å²) in [6, 6.07) is 37.7. The number of carbonyl (C=O) groups is 2. The van der Waals surface area contributed by atoms with E-state index >= 15 is 0 Å². The zero-order chi connectivity index (χ0) is 29.3. The molecule has 4 atom stereocenters. The lowest BCUT2D eigenvalue weighted by atomic mass is 9.69. The molecule has 4 unspecified atom stereocenters. The highest BCUT2D eigenvalue weighted by atomic mass is 16.1. The molecule has 2 fully saturated rings. The topological polar surface area (TPSA) is 58.9 Å². The third-order valence-corrected chi connectivity index (χ3v) is 9.91. The van der Waals surface area contributed by atoms with Gasteiger partial charge in [0.15, 0.2) is 0 Å². The van der Waals surface area contributed by atoms with Gasteiger partial charge in [-0.05, 0) is 29.6 Å². The Morgan fingerprint density at radius 3 is 1.38 bits per heavy atom. The summed E-state index contributed by atoms with van der Waals surface area (Å²) in [5.74, 6) is 0.0265. The van der Waals surface area contributed by atoms with Gasteiger partial charge in [-0.2, -0.15) is 0 Å². The minimum absolute atomic E-state index is 0.0789. The summed E-state index contributed by atoms with van der Waals surface area (Å²) in [5, 5.41) is 0. The van der Waals surface area contributed by atoms with Gasteiger partial charge in [0.2, 0.25) is 11.6 Å². The van der Waals surface area contributed by atoms with Crippen molar-refractivity contribution in [3.63, 3.8) is 0 Å². The molecule has 0 radical (unpaired) electrons. The van der Waals surface area contributed by atoms with Crippen LogP contribution in [0, 0.1) is 16.7 Å². The number of hydrogen-bond acceptors (Lipinski definition) is 4. The van der Waals surface area contributed by atoms with Crippen LogP contribution in [0.1, 0.15) is 65.5 Å². The molecule has 2 aliphatic rings. The summed E-state index contributed by atoms with van der Waals surface area (Å²) in [5.41, 5.74) is 3.44. The van der Waals surface area contributed by atoms with Gasteiger partial charge in [-0.3, -0.25) is 19.6 Å². The van der Waals surface area contributed by atoms with Crippen LogP contribution in [-0.4, -0.2) is 35.1 Å². The SMILES string of the molecule is CC1(C)C2CCC1(C)C(N=C(C(=O)c1ccccc1)c1ccccc1)C2N=C(C(=O)c1ccccc1)c1ccccc1. The highest BCUT2D eigenvalue weighted by molar-refractivity contribution is 6.52. The van der Waals surface area contributed by atoms with Crippen LogP contribution < -0.4 is 0 Å². The largest absolute Gasteiger partial charge is 0.287 e. The van der Waals surface area contributed by atoms with Crippen molar-refractivity contribution in [2.75, 3.05) is 0 Å². The molecule has 42 heavy (non-hydrogen) atoms. The van der Waals surface area contributed by atoms with Crippen molar-refractivity contribution in [1.82, 2.24) is 0 Å². The maximum atomic E-state index is 14.0. The predicted octanol–water partition coefficient (Wildman–Crippen LogP) is 7.92. The van der Waals surface area contributed by atoms with E-state index in [0.29, 0.717) is 22.6 Å². The molecule has 2 saturated carbocycles.